The molecule has 0 saturated carbocycles. The van der Waals surface area contributed by atoms with Crippen LogP contribution in [0.15, 0.2) is 72.8 Å². The first-order chi connectivity index (χ1) is 19.3. The number of hydrogen-bond donors (Lipinski definition) is 1. The SMILES string of the molecule is Cc1ccc(C)c(N2CC=C[C@]34O[C@H]5C=CCN(Cc6ccccc6)C(=O)[C@H]5[C@H]3C(=O)N([C@H](C)CO)C4C2=O)c1. The Bertz CT molecular complexity index is 1400. The van der Waals surface area contributed by atoms with E-state index in [0.29, 0.717) is 19.6 Å². The molecule has 40 heavy (non-hydrogen) atoms. The molecule has 8 nitrogen and oxygen atoms in total. The molecule has 1 N–H and O–H groups in total. The average molecular weight is 542 g/mol. The number of carbonyl (C=O) groups is 3. The number of likely N-dealkylation sites (tertiary alicyclic amines) is 1. The van der Waals surface area contributed by atoms with E-state index in [9.17, 15) is 19.5 Å². The lowest BCUT2D eigenvalue weighted by atomic mass is 9.77. The number of rotatable bonds is 5. The van der Waals surface area contributed by atoms with Gasteiger partial charge in [0.25, 0.3) is 5.91 Å². The van der Waals surface area contributed by atoms with Crippen LogP contribution in [0.25, 0.3) is 0 Å². The van der Waals surface area contributed by atoms with Gasteiger partial charge in [-0.1, -0.05) is 66.8 Å². The van der Waals surface area contributed by atoms with Gasteiger partial charge in [-0.3, -0.25) is 14.4 Å². The lowest BCUT2D eigenvalue weighted by molar-refractivity contribution is -0.146. The van der Waals surface area contributed by atoms with E-state index in [-0.39, 0.29) is 24.3 Å². The second-order valence-electron chi connectivity index (χ2n) is 11.4. The molecule has 0 aromatic heterocycles. The number of benzene rings is 2. The Morgan fingerprint density at radius 3 is 2.52 bits per heavy atom. The number of carbonyl (C=O) groups excluding carboxylic acids is 3. The van der Waals surface area contributed by atoms with Gasteiger partial charge in [-0.05, 0) is 43.5 Å². The molecule has 2 aromatic rings. The van der Waals surface area contributed by atoms with E-state index in [1.165, 1.54) is 4.90 Å². The highest BCUT2D eigenvalue weighted by Crippen LogP contribution is 2.54. The van der Waals surface area contributed by atoms with Crippen LogP contribution in [0.4, 0.5) is 5.69 Å². The number of aliphatic hydroxyl groups is 1. The molecule has 2 saturated heterocycles. The minimum Gasteiger partial charge on any atom is -0.394 e. The van der Waals surface area contributed by atoms with Crippen LogP contribution in [-0.4, -0.2) is 76.1 Å². The first-order valence-corrected chi connectivity index (χ1v) is 13.9. The van der Waals surface area contributed by atoms with Gasteiger partial charge in [0, 0.05) is 25.3 Å². The average Bonchev–Trinajstić information content (AvgIpc) is 3.28. The van der Waals surface area contributed by atoms with Crippen molar-refractivity contribution >= 4 is 23.4 Å². The Morgan fingerprint density at radius 2 is 1.77 bits per heavy atom. The topological polar surface area (TPSA) is 90.4 Å². The molecule has 0 radical (unpaired) electrons. The maximum Gasteiger partial charge on any atom is 0.253 e. The zero-order valence-electron chi connectivity index (χ0n) is 23.1. The minimum absolute atomic E-state index is 0.164. The van der Waals surface area contributed by atoms with Gasteiger partial charge in [-0.25, -0.2) is 0 Å². The largest absolute Gasteiger partial charge is 0.394 e. The number of aryl methyl sites for hydroxylation is 2. The van der Waals surface area contributed by atoms with Crippen molar-refractivity contribution in [3.8, 4) is 0 Å². The van der Waals surface area contributed by atoms with Crippen LogP contribution in [0, 0.1) is 25.7 Å². The molecule has 2 aromatic carbocycles. The fraction of sp³-hybridized carbons (Fsp3) is 0.406. The smallest absolute Gasteiger partial charge is 0.253 e. The number of fused-ring (bicyclic) bond motifs is 2. The van der Waals surface area contributed by atoms with Crippen molar-refractivity contribution in [3.63, 3.8) is 0 Å². The minimum atomic E-state index is -1.32. The van der Waals surface area contributed by atoms with Gasteiger partial charge >= 0.3 is 0 Å². The van der Waals surface area contributed by atoms with Crippen LogP contribution in [0.5, 0.6) is 0 Å². The van der Waals surface area contributed by atoms with Crippen molar-refractivity contribution in [2.24, 2.45) is 11.8 Å². The second kappa shape index (κ2) is 10.0. The van der Waals surface area contributed by atoms with Crippen LogP contribution in [0.3, 0.4) is 0 Å². The number of anilines is 1. The summed E-state index contributed by atoms with van der Waals surface area (Å²) in [4.78, 5) is 47.8. The molecule has 0 bridgehead atoms. The fourth-order valence-electron chi connectivity index (χ4n) is 6.86. The van der Waals surface area contributed by atoms with Crippen LogP contribution >= 0.6 is 0 Å². The van der Waals surface area contributed by atoms with Crippen LogP contribution in [0.1, 0.15) is 23.6 Å². The van der Waals surface area contributed by atoms with Gasteiger partial charge < -0.3 is 24.5 Å². The van der Waals surface area contributed by atoms with Gasteiger partial charge in [0.15, 0.2) is 0 Å². The van der Waals surface area contributed by atoms with E-state index in [1.54, 1.807) is 16.7 Å². The number of amides is 3. The van der Waals surface area contributed by atoms with Crippen molar-refractivity contribution in [2.45, 2.75) is 51.1 Å². The number of hydrogen-bond acceptors (Lipinski definition) is 5. The second-order valence-corrected chi connectivity index (χ2v) is 11.4. The van der Waals surface area contributed by atoms with E-state index in [2.05, 4.69) is 0 Å². The lowest BCUT2D eigenvalue weighted by Gasteiger charge is -2.37. The third-order valence-electron chi connectivity index (χ3n) is 8.79. The molecule has 2 fully saturated rings. The standard InChI is InChI=1S/C32H35N3O5/c1-20-12-13-21(2)24(17-20)34-16-8-14-32-27(30(38)35(22(3)19-36)28(32)31(34)39)26-25(40-32)11-7-15-33(29(26)37)18-23-9-5-4-6-10-23/h4-14,17,22,25-28,36H,15-16,18-19H2,1-3H3/t22-,25+,26-,27+,28?,32+/m1/s1. The molecule has 208 valence electrons. The zero-order chi connectivity index (χ0) is 28.2. The van der Waals surface area contributed by atoms with Crippen LogP contribution in [-0.2, 0) is 25.7 Å². The van der Waals surface area contributed by atoms with Crippen LogP contribution < -0.4 is 4.90 Å². The van der Waals surface area contributed by atoms with E-state index < -0.39 is 35.6 Å². The summed E-state index contributed by atoms with van der Waals surface area (Å²) in [6.07, 6.45) is 6.87. The van der Waals surface area contributed by atoms with E-state index in [1.807, 2.05) is 86.7 Å². The Hall–Kier alpha value is -3.75. The van der Waals surface area contributed by atoms with Gasteiger partial charge in [0.1, 0.15) is 11.6 Å². The normalized spacial score (nSPS) is 30.2. The van der Waals surface area contributed by atoms with E-state index >= 15 is 0 Å². The Kier molecular flexibility index (Phi) is 6.63. The fourth-order valence-corrected chi connectivity index (χ4v) is 6.86. The molecule has 0 aliphatic carbocycles. The molecule has 6 atom stereocenters. The van der Waals surface area contributed by atoms with Crippen LogP contribution in [0.2, 0.25) is 0 Å². The molecule has 4 aliphatic heterocycles. The molecule has 4 aliphatic rings. The van der Waals surface area contributed by atoms with Crippen molar-refractivity contribution in [1.29, 1.82) is 0 Å². The summed E-state index contributed by atoms with van der Waals surface area (Å²) in [5.74, 6) is -2.43. The molecule has 8 heteroatoms. The molecule has 6 rings (SSSR count). The van der Waals surface area contributed by atoms with Gasteiger partial charge in [0.05, 0.1) is 30.6 Å². The molecule has 3 amide bonds. The summed E-state index contributed by atoms with van der Waals surface area (Å²) in [6.45, 7) is 6.48. The van der Waals surface area contributed by atoms with Crippen molar-refractivity contribution < 1.29 is 24.2 Å². The summed E-state index contributed by atoms with van der Waals surface area (Å²) < 4.78 is 6.70. The highest BCUT2D eigenvalue weighted by molar-refractivity contribution is 6.06. The predicted molar refractivity (Wildman–Crippen MR) is 150 cm³/mol. The number of ether oxygens (including phenoxy) is 1. The first-order valence-electron chi connectivity index (χ1n) is 13.9. The third-order valence-corrected chi connectivity index (χ3v) is 8.79. The summed E-state index contributed by atoms with van der Waals surface area (Å²) in [6, 6.07) is 14.1. The maximum absolute atomic E-state index is 14.5. The van der Waals surface area contributed by atoms with Crippen molar-refractivity contribution in [1.82, 2.24) is 9.80 Å². The quantitative estimate of drug-likeness (QED) is 0.588. The molecule has 1 spiro atoms. The number of aliphatic hydroxyl groups excluding tert-OH is 1. The van der Waals surface area contributed by atoms with Gasteiger partial charge in [0.2, 0.25) is 11.8 Å². The van der Waals surface area contributed by atoms with E-state index in [0.717, 1.165) is 22.4 Å². The molecular weight excluding hydrogens is 506 g/mol. The summed E-state index contributed by atoms with van der Waals surface area (Å²) in [7, 11) is 0. The zero-order valence-corrected chi connectivity index (χ0v) is 23.1. The third kappa shape index (κ3) is 4.00. The summed E-state index contributed by atoms with van der Waals surface area (Å²) in [5, 5.41) is 10.2. The van der Waals surface area contributed by atoms with Gasteiger partial charge in [-0.15, -0.1) is 0 Å². The first kappa shape index (κ1) is 26.5. The monoisotopic (exact) mass is 541 g/mol. The summed E-state index contributed by atoms with van der Waals surface area (Å²) >= 11 is 0. The van der Waals surface area contributed by atoms with Crippen molar-refractivity contribution in [2.75, 3.05) is 24.6 Å². The Labute approximate surface area is 234 Å². The van der Waals surface area contributed by atoms with E-state index in [4.69, 9.17) is 4.74 Å². The Balaban J connectivity index is 1.43. The predicted octanol–water partition coefficient (Wildman–Crippen LogP) is 2.77. The Morgan fingerprint density at radius 1 is 1.00 bits per heavy atom. The van der Waals surface area contributed by atoms with Crippen molar-refractivity contribution in [3.05, 3.63) is 89.5 Å². The number of nitrogens with zero attached hydrogens (tertiary/aromatic N) is 3. The molecular formula is C32H35N3O5. The highest BCUT2D eigenvalue weighted by Gasteiger charge is 2.72. The van der Waals surface area contributed by atoms with Gasteiger partial charge in [-0.2, -0.15) is 0 Å². The molecule has 4 heterocycles. The highest BCUT2D eigenvalue weighted by atomic mass is 16.5. The lowest BCUT2D eigenvalue weighted by Crippen LogP contribution is -2.57. The molecule has 1 unspecified atom stereocenters. The summed E-state index contributed by atoms with van der Waals surface area (Å²) in [5.41, 5.74) is 2.41. The maximum atomic E-state index is 14.5.